The molecule has 1 amide bonds. The Morgan fingerprint density at radius 1 is 1.04 bits per heavy atom. The average Bonchev–Trinajstić information content (AvgIpc) is 2.91. The van der Waals surface area contributed by atoms with Crippen LogP contribution in [-0.4, -0.2) is 48.6 Å². The molecule has 0 unspecified atom stereocenters. The van der Waals surface area contributed by atoms with E-state index in [2.05, 4.69) is 24.5 Å². The van der Waals surface area contributed by atoms with Gasteiger partial charge in [-0.2, -0.15) is 0 Å². The van der Waals surface area contributed by atoms with Gasteiger partial charge in [-0.1, -0.05) is 62.8 Å². The van der Waals surface area contributed by atoms with Crippen molar-refractivity contribution < 1.29 is 4.79 Å². The smallest absolute Gasteiger partial charge is 0.272 e. The molecule has 0 bridgehead atoms. The molecule has 0 fully saturated rings. The van der Waals surface area contributed by atoms with Gasteiger partial charge in [-0.05, 0) is 36.1 Å². The molecular weight excluding hydrogens is 334 g/mol. The lowest BCUT2D eigenvalue weighted by Gasteiger charge is -2.23. The van der Waals surface area contributed by atoms with Crippen LogP contribution in [-0.2, 0) is 4.79 Å². The second-order valence-electron chi connectivity index (χ2n) is 6.97. The normalized spacial score (nSPS) is 13.4. The molecule has 0 radical (unpaired) electrons. The molecule has 144 valence electrons. The zero-order valence-electron chi connectivity index (χ0n) is 17.0. The molecule has 0 saturated carbocycles. The fourth-order valence-corrected chi connectivity index (χ4v) is 2.83. The fourth-order valence-electron chi connectivity index (χ4n) is 2.83. The van der Waals surface area contributed by atoms with Crippen LogP contribution in [0.15, 0.2) is 59.0 Å². The molecule has 0 atom stereocenters. The number of carbonyl (C=O) groups is 1. The Hall–Kier alpha value is -2.58. The Morgan fingerprint density at radius 3 is 2.22 bits per heavy atom. The molecule has 0 saturated heterocycles. The summed E-state index contributed by atoms with van der Waals surface area (Å²) >= 11 is 0. The van der Waals surface area contributed by atoms with E-state index in [1.54, 1.807) is 19.0 Å². The molecule has 2 rings (SSSR count). The first-order valence-corrected chi connectivity index (χ1v) is 9.86. The van der Waals surface area contributed by atoms with Crippen LogP contribution in [0.5, 0.6) is 0 Å². The summed E-state index contributed by atoms with van der Waals surface area (Å²) in [5.41, 5.74) is 5.82. The molecule has 1 aliphatic heterocycles. The largest absolute Gasteiger partial charge is 0.350 e. The number of benzene rings is 1. The molecule has 4 nitrogen and oxygen atoms in total. The van der Waals surface area contributed by atoms with E-state index >= 15 is 0 Å². The summed E-state index contributed by atoms with van der Waals surface area (Å²) < 4.78 is 0. The second kappa shape index (κ2) is 10.5. The van der Waals surface area contributed by atoms with Gasteiger partial charge in [0.25, 0.3) is 5.91 Å². The van der Waals surface area contributed by atoms with Gasteiger partial charge in [0.15, 0.2) is 5.82 Å². The Morgan fingerprint density at radius 2 is 1.67 bits per heavy atom. The summed E-state index contributed by atoms with van der Waals surface area (Å²) in [7, 11) is 3.52. The molecule has 0 N–H and O–H groups in total. The standard InChI is InChI=1S/C23H31N3O/c1-5-7-16-26(17-8-6-2)22-15-14-20(19-12-10-9-11-13-19)18-21(24-22)23(27)25(3)4/h9-14,18H,5-8,16-17H2,1-4H3. The van der Waals surface area contributed by atoms with E-state index in [0.717, 1.165) is 55.7 Å². The summed E-state index contributed by atoms with van der Waals surface area (Å²) in [6.07, 6.45) is 8.27. The van der Waals surface area contributed by atoms with Gasteiger partial charge in [0.05, 0.1) is 0 Å². The number of allylic oxidation sites excluding steroid dienone is 2. The van der Waals surface area contributed by atoms with Crippen LogP contribution in [0.2, 0.25) is 0 Å². The van der Waals surface area contributed by atoms with Gasteiger partial charge in [-0.3, -0.25) is 4.79 Å². The number of unbranched alkanes of at least 4 members (excludes halogenated alkanes) is 2. The maximum atomic E-state index is 12.7. The Kier molecular flexibility index (Phi) is 8.09. The molecule has 4 heteroatoms. The number of hydrogen-bond donors (Lipinski definition) is 0. The molecule has 0 spiro atoms. The third kappa shape index (κ3) is 5.97. The lowest BCUT2D eigenvalue weighted by atomic mass is 10.0. The average molecular weight is 366 g/mol. The lowest BCUT2D eigenvalue weighted by Crippen LogP contribution is -2.30. The molecule has 0 aromatic heterocycles. The van der Waals surface area contributed by atoms with Crippen molar-refractivity contribution in [2.24, 2.45) is 4.99 Å². The maximum Gasteiger partial charge on any atom is 0.272 e. The van der Waals surface area contributed by atoms with Crippen molar-refractivity contribution in [2.45, 2.75) is 39.5 Å². The Labute approximate surface area is 163 Å². The van der Waals surface area contributed by atoms with Crippen molar-refractivity contribution >= 4 is 17.2 Å². The predicted octanol–water partition coefficient (Wildman–Crippen LogP) is 4.51. The van der Waals surface area contributed by atoms with Crippen molar-refractivity contribution in [3.63, 3.8) is 0 Å². The number of hydrogen-bond acceptors (Lipinski definition) is 3. The van der Waals surface area contributed by atoms with Crippen LogP contribution in [0, 0.1) is 0 Å². The third-order valence-electron chi connectivity index (χ3n) is 4.47. The molecule has 1 aliphatic rings. The molecule has 27 heavy (non-hydrogen) atoms. The van der Waals surface area contributed by atoms with Crippen molar-refractivity contribution in [3.8, 4) is 0 Å². The molecule has 1 heterocycles. The van der Waals surface area contributed by atoms with E-state index in [1.807, 2.05) is 42.5 Å². The lowest BCUT2D eigenvalue weighted by molar-refractivity contribution is -0.121. The first kappa shape index (κ1) is 20.7. The summed E-state index contributed by atoms with van der Waals surface area (Å²) in [6, 6.07) is 10.1. The van der Waals surface area contributed by atoms with E-state index in [1.165, 1.54) is 0 Å². The van der Waals surface area contributed by atoms with Gasteiger partial charge in [0, 0.05) is 27.2 Å². The van der Waals surface area contributed by atoms with Crippen molar-refractivity contribution in [1.82, 2.24) is 9.80 Å². The number of rotatable bonds is 9. The second-order valence-corrected chi connectivity index (χ2v) is 6.97. The number of nitrogens with zero attached hydrogens (tertiary/aromatic N) is 3. The highest BCUT2D eigenvalue weighted by molar-refractivity contribution is 6.44. The highest BCUT2D eigenvalue weighted by atomic mass is 16.2. The van der Waals surface area contributed by atoms with Crippen molar-refractivity contribution in [2.75, 3.05) is 27.2 Å². The van der Waals surface area contributed by atoms with Crippen LogP contribution in [0.3, 0.4) is 0 Å². The Balaban J connectivity index is 2.46. The third-order valence-corrected chi connectivity index (χ3v) is 4.47. The monoisotopic (exact) mass is 365 g/mol. The maximum absolute atomic E-state index is 12.7. The predicted molar refractivity (Wildman–Crippen MR) is 114 cm³/mol. The topological polar surface area (TPSA) is 35.9 Å². The van der Waals surface area contributed by atoms with Gasteiger partial charge >= 0.3 is 0 Å². The first-order valence-electron chi connectivity index (χ1n) is 9.86. The SMILES string of the molecule is CCCCN(CCCC)C1=C=CC(c2ccccc2)=CC(C(=O)N(C)C)=N1. The highest BCUT2D eigenvalue weighted by Crippen LogP contribution is 2.20. The number of carbonyl (C=O) groups excluding carboxylic acids is 1. The van der Waals surface area contributed by atoms with E-state index in [0.29, 0.717) is 5.71 Å². The van der Waals surface area contributed by atoms with Crippen LogP contribution >= 0.6 is 0 Å². The van der Waals surface area contributed by atoms with Gasteiger partial charge in [-0.25, -0.2) is 4.99 Å². The summed E-state index contributed by atoms with van der Waals surface area (Å²) in [4.78, 5) is 21.3. The van der Waals surface area contributed by atoms with Crippen LogP contribution in [0.25, 0.3) is 5.57 Å². The summed E-state index contributed by atoms with van der Waals surface area (Å²) in [5.74, 6) is 0.660. The van der Waals surface area contributed by atoms with Gasteiger partial charge < -0.3 is 9.80 Å². The van der Waals surface area contributed by atoms with Crippen molar-refractivity contribution in [1.29, 1.82) is 0 Å². The van der Waals surface area contributed by atoms with Crippen molar-refractivity contribution in [3.05, 3.63) is 59.6 Å². The minimum absolute atomic E-state index is 0.0936. The van der Waals surface area contributed by atoms with E-state index in [-0.39, 0.29) is 5.91 Å². The first-order chi connectivity index (χ1) is 13.1. The van der Waals surface area contributed by atoms with Gasteiger partial charge in [0.1, 0.15) is 5.71 Å². The van der Waals surface area contributed by atoms with Crippen LogP contribution < -0.4 is 0 Å². The van der Waals surface area contributed by atoms with Crippen LogP contribution in [0.1, 0.15) is 45.1 Å². The zero-order valence-corrected chi connectivity index (χ0v) is 17.0. The number of aliphatic imine (C=N–C) groups is 1. The number of amides is 1. The fraction of sp³-hybridized carbons (Fsp3) is 0.435. The minimum atomic E-state index is -0.0936. The quantitative estimate of drug-likeness (QED) is 0.604. The van der Waals surface area contributed by atoms with Gasteiger partial charge in [0.2, 0.25) is 0 Å². The molecular formula is C23H31N3O. The molecule has 1 aromatic carbocycles. The van der Waals surface area contributed by atoms with E-state index < -0.39 is 0 Å². The van der Waals surface area contributed by atoms with E-state index in [4.69, 9.17) is 4.99 Å². The summed E-state index contributed by atoms with van der Waals surface area (Å²) in [6.45, 7) is 6.24. The van der Waals surface area contributed by atoms with Gasteiger partial charge in [-0.15, -0.1) is 0 Å². The highest BCUT2D eigenvalue weighted by Gasteiger charge is 2.18. The minimum Gasteiger partial charge on any atom is -0.350 e. The summed E-state index contributed by atoms with van der Waals surface area (Å²) in [5, 5.41) is 0. The Bertz CT molecular complexity index is 745. The molecule has 0 aliphatic carbocycles. The van der Waals surface area contributed by atoms with Crippen LogP contribution in [0.4, 0.5) is 0 Å². The molecule has 1 aromatic rings. The zero-order chi connectivity index (χ0) is 19.6. The van der Waals surface area contributed by atoms with E-state index in [9.17, 15) is 4.79 Å².